The molecule has 1 fully saturated rings. The summed E-state index contributed by atoms with van der Waals surface area (Å²) in [5.74, 6) is 0.142. The summed E-state index contributed by atoms with van der Waals surface area (Å²) in [5, 5.41) is 3.32. The van der Waals surface area contributed by atoms with Gasteiger partial charge in [-0.15, -0.1) is 0 Å². The van der Waals surface area contributed by atoms with Crippen LogP contribution in [0.1, 0.15) is 25.1 Å². The predicted octanol–water partition coefficient (Wildman–Crippen LogP) is 1.75. The summed E-state index contributed by atoms with van der Waals surface area (Å²) in [6.45, 7) is 5.55. The molecular formula is C16H27FN4. The summed E-state index contributed by atoms with van der Waals surface area (Å²) >= 11 is 0. The molecule has 1 aromatic heterocycles. The van der Waals surface area contributed by atoms with E-state index in [0.717, 1.165) is 25.3 Å². The van der Waals surface area contributed by atoms with E-state index in [-0.39, 0.29) is 11.9 Å². The van der Waals surface area contributed by atoms with E-state index < -0.39 is 0 Å². The SMILES string of the molecule is CNC(c1ccc(F)cn1)C(C)CN1CCC(N(C)C)C1. The Hall–Kier alpha value is -1.04. The molecule has 2 rings (SSSR count). The van der Waals surface area contributed by atoms with Gasteiger partial charge < -0.3 is 15.1 Å². The van der Waals surface area contributed by atoms with Gasteiger partial charge in [0.1, 0.15) is 5.82 Å². The van der Waals surface area contributed by atoms with E-state index in [0.29, 0.717) is 12.0 Å². The van der Waals surface area contributed by atoms with Gasteiger partial charge in [-0.05, 0) is 52.2 Å². The number of likely N-dealkylation sites (tertiary alicyclic amines) is 1. The van der Waals surface area contributed by atoms with Crippen LogP contribution in [0.5, 0.6) is 0 Å². The van der Waals surface area contributed by atoms with Crippen molar-refractivity contribution in [3.63, 3.8) is 0 Å². The number of aromatic nitrogens is 1. The Balaban J connectivity index is 1.94. The van der Waals surface area contributed by atoms with Crippen LogP contribution in [0.25, 0.3) is 0 Å². The van der Waals surface area contributed by atoms with Crippen LogP contribution in [0, 0.1) is 11.7 Å². The average molecular weight is 294 g/mol. The first-order chi connectivity index (χ1) is 10.0. The van der Waals surface area contributed by atoms with Crippen LogP contribution < -0.4 is 5.32 Å². The fraction of sp³-hybridized carbons (Fsp3) is 0.688. The van der Waals surface area contributed by atoms with E-state index in [1.165, 1.54) is 18.7 Å². The van der Waals surface area contributed by atoms with Crippen LogP contribution in [0.4, 0.5) is 4.39 Å². The zero-order valence-corrected chi connectivity index (χ0v) is 13.5. The molecule has 0 aliphatic carbocycles. The zero-order chi connectivity index (χ0) is 15.4. The second-order valence-electron chi connectivity index (χ2n) is 6.31. The fourth-order valence-corrected chi connectivity index (χ4v) is 3.21. The molecule has 0 saturated carbocycles. The van der Waals surface area contributed by atoms with Gasteiger partial charge in [-0.25, -0.2) is 4.39 Å². The van der Waals surface area contributed by atoms with Crippen molar-refractivity contribution in [3.05, 3.63) is 29.8 Å². The molecule has 3 unspecified atom stereocenters. The lowest BCUT2D eigenvalue weighted by Gasteiger charge is -2.28. The second kappa shape index (κ2) is 7.29. The standard InChI is InChI=1S/C16H27FN4/c1-12(10-21-8-7-14(11-21)20(3)4)16(18-2)15-6-5-13(17)9-19-15/h5-6,9,12,14,16,18H,7-8,10-11H2,1-4H3. The summed E-state index contributed by atoms with van der Waals surface area (Å²) < 4.78 is 13.0. The van der Waals surface area contributed by atoms with Crippen molar-refractivity contribution in [2.45, 2.75) is 25.4 Å². The molecule has 0 spiro atoms. The van der Waals surface area contributed by atoms with Gasteiger partial charge in [-0.2, -0.15) is 0 Å². The first-order valence-corrected chi connectivity index (χ1v) is 7.68. The molecule has 2 heterocycles. The number of nitrogens with one attached hydrogen (secondary N) is 1. The van der Waals surface area contributed by atoms with Crippen LogP contribution in [0.3, 0.4) is 0 Å². The molecule has 1 aliphatic rings. The number of nitrogens with zero attached hydrogens (tertiary/aromatic N) is 3. The molecule has 0 aromatic carbocycles. The minimum absolute atomic E-state index is 0.156. The number of hydrogen-bond acceptors (Lipinski definition) is 4. The van der Waals surface area contributed by atoms with Gasteiger partial charge in [0.2, 0.25) is 0 Å². The largest absolute Gasteiger partial charge is 0.311 e. The van der Waals surface area contributed by atoms with Crippen molar-refractivity contribution in [1.82, 2.24) is 20.1 Å². The maximum atomic E-state index is 13.0. The van der Waals surface area contributed by atoms with E-state index in [2.05, 4.69) is 41.1 Å². The van der Waals surface area contributed by atoms with Crippen molar-refractivity contribution < 1.29 is 4.39 Å². The summed E-state index contributed by atoms with van der Waals surface area (Å²) in [6.07, 6.45) is 2.53. The molecule has 1 aliphatic heterocycles. The Labute approximate surface area is 127 Å². The van der Waals surface area contributed by atoms with E-state index in [4.69, 9.17) is 0 Å². The molecule has 3 atom stereocenters. The number of likely N-dealkylation sites (N-methyl/N-ethyl adjacent to an activating group) is 1. The molecule has 21 heavy (non-hydrogen) atoms. The highest BCUT2D eigenvalue weighted by Gasteiger charge is 2.27. The number of halogens is 1. The molecule has 5 heteroatoms. The van der Waals surface area contributed by atoms with E-state index in [1.54, 1.807) is 6.07 Å². The molecule has 0 amide bonds. The highest BCUT2D eigenvalue weighted by atomic mass is 19.1. The van der Waals surface area contributed by atoms with E-state index in [1.807, 2.05) is 7.05 Å². The Morgan fingerprint density at radius 1 is 1.48 bits per heavy atom. The second-order valence-corrected chi connectivity index (χ2v) is 6.31. The number of pyridine rings is 1. The average Bonchev–Trinajstić information content (AvgIpc) is 2.90. The lowest BCUT2D eigenvalue weighted by Crippen LogP contribution is -2.36. The van der Waals surface area contributed by atoms with Crippen LogP contribution in [0.2, 0.25) is 0 Å². The van der Waals surface area contributed by atoms with Gasteiger partial charge in [0.15, 0.2) is 0 Å². The van der Waals surface area contributed by atoms with Gasteiger partial charge in [0.25, 0.3) is 0 Å². The third-order valence-electron chi connectivity index (χ3n) is 4.47. The summed E-state index contributed by atoms with van der Waals surface area (Å²) in [5.41, 5.74) is 0.912. The first-order valence-electron chi connectivity index (χ1n) is 7.68. The fourth-order valence-electron chi connectivity index (χ4n) is 3.21. The van der Waals surface area contributed by atoms with Crippen molar-refractivity contribution in [2.75, 3.05) is 40.8 Å². The number of hydrogen-bond donors (Lipinski definition) is 1. The first kappa shape index (κ1) is 16.3. The Morgan fingerprint density at radius 2 is 2.24 bits per heavy atom. The molecular weight excluding hydrogens is 267 g/mol. The monoisotopic (exact) mass is 294 g/mol. The van der Waals surface area contributed by atoms with Crippen molar-refractivity contribution in [3.8, 4) is 0 Å². The number of rotatable bonds is 6. The molecule has 1 saturated heterocycles. The van der Waals surface area contributed by atoms with Gasteiger partial charge in [0, 0.05) is 19.1 Å². The molecule has 0 bridgehead atoms. The minimum atomic E-state index is -0.283. The predicted molar refractivity (Wildman–Crippen MR) is 83.7 cm³/mol. The van der Waals surface area contributed by atoms with Crippen LogP contribution >= 0.6 is 0 Å². The summed E-state index contributed by atoms with van der Waals surface area (Å²) in [4.78, 5) is 9.05. The Bertz CT molecular complexity index is 434. The van der Waals surface area contributed by atoms with Crippen molar-refractivity contribution in [2.24, 2.45) is 5.92 Å². The lowest BCUT2D eigenvalue weighted by molar-refractivity contribution is 0.226. The summed E-state index contributed by atoms with van der Waals surface area (Å²) in [7, 11) is 6.24. The van der Waals surface area contributed by atoms with E-state index >= 15 is 0 Å². The summed E-state index contributed by atoms with van der Waals surface area (Å²) in [6, 6.07) is 4.08. The molecule has 1 N–H and O–H groups in total. The Kier molecular flexibility index (Phi) is 5.67. The molecule has 118 valence electrons. The highest BCUT2D eigenvalue weighted by Crippen LogP contribution is 2.23. The van der Waals surface area contributed by atoms with Gasteiger partial charge in [-0.3, -0.25) is 4.98 Å². The zero-order valence-electron chi connectivity index (χ0n) is 13.5. The maximum Gasteiger partial charge on any atom is 0.141 e. The van der Waals surface area contributed by atoms with Crippen LogP contribution in [0.15, 0.2) is 18.3 Å². The van der Waals surface area contributed by atoms with E-state index in [9.17, 15) is 4.39 Å². The van der Waals surface area contributed by atoms with Crippen molar-refractivity contribution in [1.29, 1.82) is 0 Å². The topological polar surface area (TPSA) is 31.4 Å². The van der Waals surface area contributed by atoms with Crippen LogP contribution in [-0.4, -0.2) is 61.6 Å². The van der Waals surface area contributed by atoms with Gasteiger partial charge >= 0.3 is 0 Å². The molecule has 0 radical (unpaired) electrons. The van der Waals surface area contributed by atoms with Gasteiger partial charge in [0.05, 0.1) is 17.9 Å². The molecule has 4 nitrogen and oxygen atoms in total. The smallest absolute Gasteiger partial charge is 0.141 e. The van der Waals surface area contributed by atoms with Crippen molar-refractivity contribution >= 4 is 0 Å². The quantitative estimate of drug-likeness (QED) is 0.866. The normalized spacial score (nSPS) is 22.7. The highest BCUT2D eigenvalue weighted by molar-refractivity contribution is 5.11. The minimum Gasteiger partial charge on any atom is -0.311 e. The molecule has 1 aromatic rings. The third-order valence-corrected chi connectivity index (χ3v) is 4.47. The lowest BCUT2D eigenvalue weighted by atomic mass is 9.98. The van der Waals surface area contributed by atoms with Gasteiger partial charge in [-0.1, -0.05) is 6.92 Å². The Morgan fingerprint density at radius 3 is 2.76 bits per heavy atom. The maximum absolute atomic E-state index is 13.0. The third kappa shape index (κ3) is 4.22. The van der Waals surface area contributed by atoms with Crippen LogP contribution in [-0.2, 0) is 0 Å².